The summed E-state index contributed by atoms with van der Waals surface area (Å²) < 4.78 is 0. The molecular weight excluding hydrogens is 318 g/mol. The molecule has 0 saturated heterocycles. The van der Waals surface area contributed by atoms with E-state index in [1.54, 1.807) is 0 Å². The van der Waals surface area contributed by atoms with Crippen LogP contribution >= 0.6 is 11.6 Å². The number of benzene rings is 2. The number of halogens is 1. The first-order valence-corrected chi connectivity index (χ1v) is 8.99. The van der Waals surface area contributed by atoms with Gasteiger partial charge >= 0.3 is 0 Å². The molecule has 2 aromatic carbocycles. The summed E-state index contributed by atoms with van der Waals surface area (Å²) in [6.45, 7) is 4.60. The van der Waals surface area contributed by atoms with E-state index in [9.17, 15) is 4.79 Å². The monoisotopic (exact) mass is 339 g/mol. The normalized spacial score (nSPS) is 20.7. The molecule has 1 saturated carbocycles. The maximum Gasteiger partial charge on any atom is 0.235 e. The van der Waals surface area contributed by atoms with Gasteiger partial charge in [0.2, 0.25) is 5.91 Å². The predicted octanol–water partition coefficient (Wildman–Crippen LogP) is 5.80. The predicted molar refractivity (Wildman–Crippen MR) is 99.4 cm³/mol. The van der Waals surface area contributed by atoms with Crippen molar-refractivity contribution in [2.24, 2.45) is 5.41 Å². The lowest BCUT2D eigenvalue weighted by atomic mass is 9.62. The molecule has 1 amide bonds. The average molecular weight is 340 g/mol. The van der Waals surface area contributed by atoms with E-state index < -0.39 is 0 Å². The Morgan fingerprint density at radius 1 is 0.958 bits per heavy atom. The van der Waals surface area contributed by atoms with Crippen LogP contribution < -0.4 is 5.32 Å². The van der Waals surface area contributed by atoms with Crippen molar-refractivity contribution in [1.82, 2.24) is 0 Å². The van der Waals surface area contributed by atoms with Gasteiger partial charge in [-0.15, -0.1) is 0 Å². The van der Waals surface area contributed by atoms with E-state index in [0.717, 1.165) is 47.5 Å². The molecule has 1 spiro atoms. The molecule has 0 unspecified atom stereocenters. The van der Waals surface area contributed by atoms with Gasteiger partial charge in [-0.2, -0.15) is 0 Å². The van der Waals surface area contributed by atoms with Gasteiger partial charge in [-0.3, -0.25) is 4.79 Å². The number of hydrogen-bond acceptors (Lipinski definition) is 1. The van der Waals surface area contributed by atoms with E-state index in [2.05, 4.69) is 37.4 Å². The van der Waals surface area contributed by atoms with E-state index in [4.69, 9.17) is 11.6 Å². The highest BCUT2D eigenvalue weighted by molar-refractivity contribution is 6.30. The average Bonchev–Trinajstić information content (AvgIpc) is 2.82. The second-order valence-electron chi connectivity index (χ2n) is 7.97. The summed E-state index contributed by atoms with van der Waals surface area (Å²) in [5.41, 5.74) is 4.34. The maximum atomic E-state index is 12.8. The van der Waals surface area contributed by atoms with Gasteiger partial charge in [0.25, 0.3) is 0 Å². The Balaban J connectivity index is 1.78. The van der Waals surface area contributed by atoms with Gasteiger partial charge in [0.1, 0.15) is 0 Å². The Morgan fingerprint density at radius 3 is 2.38 bits per heavy atom. The third-order valence-corrected chi connectivity index (χ3v) is 6.07. The molecule has 1 aliphatic carbocycles. The van der Waals surface area contributed by atoms with Crippen LogP contribution in [-0.2, 0) is 10.2 Å². The Kier molecular flexibility index (Phi) is 3.50. The van der Waals surface area contributed by atoms with Crippen LogP contribution in [0, 0.1) is 5.41 Å². The van der Waals surface area contributed by atoms with E-state index >= 15 is 0 Å². The fourth-order valence-corrected chi connectivity index (χ4v) is 4.30. The Labute approximate surface area is 148 Å². The molecule has 3 heteroatoms. The van der Waals surface area contributed by atoms with Gasteiger partial charge in [-0.25, -0.2) is 0 Å². The highest BCUT2D eigenvalue weighted by atomic mass is 35.5. The van der Waals surface area contributed by atoms with Crippen molar-refractivity contribution >= 4 is 23.2 Å². The summed E-state index contributed by atoms with van der Waals surface area (Å²) in [5.74, 6) is 0.177. The molecule has 0 atom stereocenters. The number of carbonyl (C=O) groups excluding carboxylic acids is 1. The van der Waals surface area contributed by atoms with Crippen molar-refractivity contribution in [2.45, 2.75) is 44.9 Å². The van der Waals surface area contributed by atoms with Crippen molar-refractivity contribution in [3.63, 3.8) is 0 Å². The molecule has 0 bridgehead atoms. The van der Waals surface area contributed by atoms with Crippen LogP contribution in [0.25, 0.3) is 11.1 Å². The maximum absolute atomic E-state index is 12.8. The SMILES string of the molecule is CC1(C)CCC2(CC1)C(=O)Nc1ccc(-c3cccc(Cl)c3)cc12. The van der Waals surface area contributed by atoms with Crippen molar-refractivity contribution in [2.75, 3.05) is 5.32 Å². The summed E-state index contributed by atoms with van der Waals surface area (Å²) in [6, 6.07) is 14.2. The minimum absolute atomic E-state index is 0.177. The first-order valence-electron chi connectivity index (χ1n) is 8.62. The van der Waals surface area contributed by atoms with Crippen molar-refractivity contribution < 1.29 is 4.79 Å². The molecule has 1 heterocycles. The minimum Gasteiger partial charge on any atom is -0.325 e. The quantitative estimate of drug-likeness (QED) is 0.699. The van der Waals surface area contributed by atoms with Crippen molar-refractivity contribution in [3.8, 4) is 11.1 Å². The van der Waals surface area contributed by atoms with Gasteiger partial charge in [0.15, 0.2) is 0 Å². The number of anilines is 1. The first-order chi connectivity index (χ1) is 11.4. The molecule has 4 rings (SSSR count). The Hall–Kier alpha value is -1.80. The zero-order valence-electron chi connectivity index (χ0n) is 14.2. The van der Waals surface area contributed by atoms with Gasteiger partial charge in [0.05, 0.1) is 5.41 Å². The lowest BCUT2D eigenvalue weighted by molar-refractivity contribution is -0.122. The summed E-state index contributed by atoms with van der Waals surface area (Å²) in [4.78, 5) is 12.8. The highest BCUT2D eigenvalue weighted by Gasteiger charge is 2.49. The summed E-state index contributed by atoms with van der Waals surface area (Å²) in [6.07, 6.45) is 4.03. The fourth-order valence-electron chi connectivity index (χ4n) is 4.11. The molecule has 0 radical (unpaired) electrons. The second-order valence-corrected chi connectivity index (χ2v) is 8.41. The summed E-state index contributed by atoms with van der Waals surface area (Å²) in [7, 11) is 0. The molecule has 2 aliphatic rings. The third-order valence-electron chi connectivity index (χ3n) is 5.83. The Bertz CT molecular complexity index is 814. The number of nitrogens with one attached hydrogen (secondary N) is 1. The largest absolute Gasteiger partial charge is 0.325 e. The molecule has 2 nitrogen and oxygen atoms in total. The van der Waals surface area contributed by atoms with Crippen LogP contribution in [0.3, 0.4) is 0 Å². The summed E-state index contributed by atoms with van der Waals surface area (Å²) in [5, 5.41) is 3.84. The van der Waals surface area contributed by atoms with E-state index in [-0.39, 0.29) is 11.3 Å². The number of amides is 1. The number of carbonyl (C=O) groups is 1. The van der Waals surface area contributed by atoms with Crippen LogP contribution in [0.15, 0.2) is 42.5 Å². The van der Waals surface area contributed by atoms with Crippen molar-refractivity contribution in [1.29, 1.82) is 0 Å². The smallest absolute Gasteiger partial charge is 0.235 e. The standard InChI is InChI=1S/C21H22ClNO/c1-20(2)8-10-21(11-9-20)17-13-15(6-7-18(17)23-19(21)24)14-4-3-5-16(22)12-14/h3-7,12-13H,8-11H2,1-2H3,(H,23,24). The van der Waals surface area contributed by atoms with Gasteiger partial charge < -0.3 is 5.32 Å². The second kappa shape index (κ2) is 5.35. The van der Waals surface area contributed by atoms with Gasteiger partial charge in [-0.05, 0) is 72.1 Å². The molecule has 1 N–H and O–H groups in total. The van der Waals surface area contributed by atoms with Crippen LogP contribution in [0.5, 0.6) is 0 Å². The number of rotatable bonds is 1. The third kappa shape index (κ3) is 2.44. The lowest BCUT2D eigenvalue weighted by Gasteiger charge is -2.40. The van der Waals surface area contributed by atoms with Crippen LogP contribution in [0.1, 0.15) is 45.1 Å². The molecule has 1 fully saturated rings. The van der Waals surface area contributed by atoms with Gasteiger partial charge in [-0.1, -0.05) is 43.6 Å². The highest BCUT2D eigenvalue weighted by Crippen LogP contribution is 2.52. The fraction of sp³-hybridized carbons (Fsp3) is 0.381. The molecule has 24 heavy (non-hydrogen) atoms. The van der Waals surface area contributed by atoms with Crippen molar-refractivity contribution in [3.05, 3.63) is 53.1 Å². The van der Waals surface area contributed by atoms with Crippen LogP contribution in [0.4, 0.5) is 5.69 Å². The molecule has 124 valence electrons. The molecule has 0 aromatic heterocycles. The topological polar surface area (TPSA) is 29.1 Å². The van der Waals surface area contributed by atoms with E-state index in [1.807, 2.05) is 24.3 Å². The number of hydrogen-bond donors (Lipinski definition) is 1. The molecule has 1 aliphatic heterocycles. The van der Waals surface area contributed by atoms with Crippen LogP contribution in [0.2, 0.25) is 5.02 Å². The number of fused-ring (bicyclic) bond motifs is 2. The Morgan fingerprint density at radius 2 is 1.67 bits per heavy atom. The molecular formula is C21H22ClNO. The van der Waals surface area contributed by atoms with Crippen LogP contribution in [-0.4, -0.2) is 5.91 Å². The minimum atomic E-state index is -0.348. The van der Waals surface area contributed by atoms with Gasteiger partial charge in [0, 0.05) is 10.7 Å². The van der Waals surface area contributed by atoms with E-state index in [1.165, 1.54) is 5.56 Å². The van der Waals surface area contributed by atoms with E-state index in [0.29, 0.717) is 5.41 Å². The summed E-state index contributed by atoms with van der Waals surface area (Å²) >= 11 is 6.14. The zero-order valence-corrected chi connectivity index (χ0v) is 14.9. The molecule has 2 aromatic rings. The zero-order chi connectivity index (χ0) is 16.9. The first kappa shape index (κ1) is 15.7. The lowest BCUT2D eigenvalue weighted by Crippen LogP contribution is -2.40.